The number of likely N-dealkylation sites (tertiary alicyclic amines) is 1. The van der Waals surface area contributed by atoms with Crippen LogP contribution in [-0.4, -0.2) is 50.3 Å². The van der Waals surface area contributed by atoms with Gasteiger partial charge in [-0.3, -0.25) is 4.99 Å². The number of guanidine groups is 1. The lowest BCUT2D eigenvalue weighted by molar-refractivity contribution is 0.156. The topological polar surface area (TPSA) is 36.9 Å². The number of hydrogen-bond acceptors (Lipinski definition) is 2. The summed E-state index contributed by atoms with van der Waals surface area (Å²) < 4.78 is 5.65. The third kappa shape index (κ3) is 2.85. The van der Waals surface area contributed by atoms with E-state index in [1.807, 2.05) is 0 Å². The molecule has 2 heterocycles. The summed E-state index contributed by atoms with van der Waals surface area (Å²) in [5.74, 6) is 1.70. The Balaban J connectivity index is 1.42. The van der Waals surface area contributed by atoms with Gasteiger partial charge in [0, 0.05) is 44.1 Å². The highest BCUT2D eigenvalue weighted by molar-refractivity contribution is 5.80. The Morgan fingerprint density at radius 2 is 2.30 bits per heavy atom. The molecular weight excluding hydrogens is 286 g/mol. The standard InChI is InChI=1S/C19H27N3O/c1-2-20-18(22-9-7-19(13-22)8-10-23-14-19)21-12-16-11-15-5-3-4-6-17(15)16/h3-6,16H,2,7-14H2,1H3,(H,20,21). The molecule has 1 N–H and O–H groups in total. The van der Waals surface area contributed by atoms with Crippen molar-refractivity contribution >= 4 is 5.96 Å². The van der Waals surface area contributed by atoms with Gasteiger partial charge in [-0.1, -0.05) is 24.3 Å². The fourth-order valence-electron chi connectivity index (χ4n) is 4.24. The second kappa shape index (κ2) is 6.16. The first-order chi connectivity index (χ1) is 11.3. The number of nitrogens with zero attached hydrogens (tertiary/aromatic N) is 2. The first-order valence-corrected chi connectivity index (χ1v) is 8.98. The Morgan fingerprint density at radius 3 is 3.09 bits per heavy atom. The zero-order valence-electron chi connectivity index (χ0n) is 14.1. The summed E-state index contributed by atoms with van der Waals surface area (Å²) in [6, 6.07) is 8.78. The van der Waals surface area contributed by atoms with E-state index < -0.39 is 0 Å². The van der Waals surface area contributed by atoms with Gasteiger partial charge in [0.1, 0.15) is 0 Å². The molecule has 0 amide bonds. The van der Waals surface area contributed by atoms with Crippen molar-refractivity contribution in [3.63, 3.8) is 0 Å². The van der Waals surface area contributed by atoms with Crippen molar-refractivity contribution < 1.29 is 4.74 Å². The molecule has 0 bridgehead atoms. The van der Waals surface area contributed by atoms with E-state index in [1.54, 1.807) is 0 Å². The minimum atomic E-state index is 0.388. The number of fused-ring (bicyclic) bond motifs is 1. The quantitative estimate of drug-likeness (QED) is 0.688. The lowest BCUT2D eigenvalue weighted by Gasteiger charge is -2.30. The van der Waals surface area contributed by atoms with Gasteiger partial charge < -0.3 is 15.0 Å². The number of aliphatic imine (C=N–C) groups is 1. The fourth-order valence-corrected chi connectivity index (χ4v) is 4.24. The SMILES string of the molecule is CCNC(=NCC1Cc2ccccc21)N1CCC2(CCOC2)C1. The molecule has 0 aromatic heterocycles. The Hall–Kier alpha value is -1.55. The van der Waals surface area contributed by atoms with Crippen LogP contribution in [0.25, 0.3) is 0 Å². The summed E-state index contributed by atoms with van der Waals surface area (Å²) in [6.45, 7) is 8.05. The first-order valence-electron chi connectivity index (χ1n) is 8.98. The van der Waals surface area contributed by atoms with Gasteiger partial charge in [-0.2, -0.15) is 0 Å². The lowest BCUT2D eigenvalue weighted by Crippen LogP contribution is -2.42. The summed E-state index contributed by atoms with van der Waals surface area (Å²) in [5, 5.41) is 3.49. The zero-order valence-corrected chi connectivity index (χ0v) is 14.1. The molecule has 2 unspecified atom stereocenters. The Labute approximate surface area is 138 Å². The molecule has 3 aliphatic rings. The average molecular weight is 313 g/mol. The van der Waals surface area contributed by atoms with Crippen LogP contribution in [0.3, 0.4) is 0 Å². The van der Waals surface area contributed by atoms with Gasteiger partial charge in [0.2, 0.25) is 0 Å². The van der Waals surface area contributed by atoms with Crippen molar-refractivity contribution in [1.29, 1.82) is 0 Å². The third-order valence-electron chi connectivity index (χ3n) is 5.68. The van der Waals surface area contributed by atoms with Crippen molar-refractivity contribution in [3.05, 3.63) is 35.4 Å². The molecule has 2 fully saturated rings. The number of rotatable bonds is 3. The van der Waals surface area contributed by atoms with Crippen LogP contribution in [0.1, 0.15) is 36.8 Å². The maximum absolute atomic E-state index is 5.65. The molecule has 1 aromatic rings. The highest BCUT2D eigenvalue weighted by Gasteiger charge is 2.42. The monoisotopic (exact) mass is 313 g/mol. The summed E-state index contributed by atoms with van der Waals surface area (Å²) in [6.07, 6.45) is 3.62. The molecular formula is C19H27N3O. The van der Waals surface area contributed by atoms with Crippen LogP contribution >= 0.6 is 0 Å². The first kappa shape index (κ1) is 15.0. The number of benzene rings is 1. The third-order valence-corrected chi connectivity index (χ3v) is 5.68. The number of hydrogen-bond donors (Lipinski definition) is 1. The molecule has 23 heavy (non-hydrogen) atoms. The Morgan fingerprint density at radius 1 is 1.39 bits per heavy atom. The molecule has 1 spiro atoms. The van der Waals surface area contributed by atoms with E-state index in [9.17, 15) is 0 Å². The van der Waals surface area contributed by atoms with E-state index in [1.165, 1.54) is 30.4 Å². The molecule has 0 radical (unpaired) electrons. The number of ether oxygens (including phenoxy) is 1. The van der Waals surface area contributed by atoms with Crippen LogP contribution in [0.15, 0.2) is 29.3 Å². The van der Waals surface area contributed by atoms with Crippen molar-refractivity contribution in [2.45, 2.75) is 32.1 Å². The van der Waals surface area contributed by atoms with Crippen LogP contribution < -0.4 is 5.32 Å². The molecule has 0 saturated carbocycles. The average Bonchev–Trinajstić information content (AvgIpc) is 3.18. The van der Waals surface area contributed by atoms with Crippen molar-refractivity contribution in [2.24, 2.45) is 10.4 Å². The van der Waals surface area contributed by atoms with Crippen molar-refractivity contribution in [2.75, 3.05) is 39.4 Å². The van der Waals surface area contributed by atoms with E-state index in [0.717, 1.165) is 45.4 Å². The molecule has 124 valence electrons. The molecule has 2 saturated heterocycles. The largest absolute Gasteiger partial charge is 0.381 e. The van der Waals surface area contributed by atoms with E-state index in [2.05, 4.69) is 41.4 Å². The molecule has 1 aromatic carbocycles. The van der Waals surface area contributed by atoms with Crippen LogP contribution in [0.2, 0.25) is 0 Å². The van der Waals surface area contributed by atoms with Crippen LogP contribution in [0, 0.1) is 5.41 Å². The van der Waals surface area contributed by atoms with Gasteiger partial charge in [-0.25, -0.2) is 0 Å². The van der Waals surface area contributed by atoms with Gasteiger partial charge in [-0.05, 0) is 37.3 Å². The van der Waals surface area contributed by atoms with E-state index in [-0.39, 0.29) is 0 Å². The minimum Gasteiger partial charge on any atom is -0.381 e. The molecule has 4 rings (SSSR count). The summed E-state index contributed by atoms with van der Waals surface area (Å²) in [4.78, 5) is 7.41. The van der Waals surface area contributed by atoms with Gasteiger partial charge in [0.05, 0.1) is 6.61 Å². The minimum absolute atomic E-state index is 0.388. The van der Waals surface area contributed by atoms with E-state index in [0.29, 0.717) is 11.3 Å². The zero-order chi connectivity index (χ0) is 15.7. The second-order valence-corrected chi connectivity index (χ2v) is 7.27. The lowest BCUT2D eigenvalue weighted by atomic mass is 9.78. The van der Waals surface area contributed by atoms with Crippen LogP contribution in [-0.2, 0) is 11.2 Å². The van der Waals surface area contributed by atoms with Gasteiger partial charge in [0.15, 0.2) is 5.96 Å². The molecule has 4 nitrogen and oxygen atoms in total. The highest BCUT2D eigenvalue weighted by atomic mass is 16.5. The Kier molecular flexibility index (Phi) is 4.02. The van der Waals surface area contributed by atoms with Crippen LogP contribution in [0.5, 0.6) is 0 Å². The van der Waals surface area contributed by atoms with E-state index in [4.69, 9.17) is 9.73 Å². The second-order valence-electron chi connectivity index (χ2n) is 7.27. The molecule has 2 aliphatic heterocycles. The molecule has 1 aliphatic carbocycles. The predicted molar refractivity (Wildman–Crippen MR) is 92.9 cm³/mol. The maximum Gasteiger partial charge on any atom is 0.193 e. The summed E-state index contributed by atoms with van der Waals surface area (Å²) >= 11 is 0. The Bertz CT molecular complexity index is 592. The summed E-state index contributed by atoms with van der Waals surface area (Å²) in [7, 11) is 0. The normalized spacial score (nSPS) is 29.7. The fraction of sp³-hybridized carbons (Fsp3) is 0.632. The molecule has 4 heteroatoms. The van der Waals surface area contributed by atoms with Crippen LogP contribution in [0.4, 0.5) is 0 Å². The smallest absolute Gasteiger partial charge is 0.193 e. The van der Waals surface area contributed by atoms with Crippen molar-refractivity contribution in [3.8, 4) is 0 Å². The van der Waals surface area contributed by atoms with Gasteiger partial charge in [0.25, 0.3) is 0 Å². The predicted octanol–water partition coefficient (Wildman–Crippen LogP) is 2.40. The van der Waals surface area contributed by atoms with Crippen molar-refractivity contribution in [1.82, 2.24) is 10.2 Å². The summed E-state index contributed by atoms with van der Waals surface area (Å²) in [5.41, 5.74) is 3.38. The number of nitrogens with one attached hydrogen (secondary N) is 1. The van der Waals surface area contributed by atoms with Gasteiger partial charge >= 0.3 is 0 Å². The maximum atomic E-state index is 5.65. The molecule has 2 atom stereocenters. The van der Waals surface area contributed by atoms with Gasteiger partial charge in [-0.15, -0.1) is 0 Å². The highest BCUT2D eigenvalue weighted by Crippen LogP contribution is 2.38. The van der Waals surface area contributed by atoms with E-state index >= 15 is 0 Å².